The highest BCUT2D eigenvalue weighted by molar-refractivity contribution is 6.74. The molecular formula is C46H89NOSi. The monoisotopic (exact) mass is 700 g/mol. The molecule has 0 amide bonds. The number of hydrogen-bond acceptors (Lipinski definition) is 2. The first-order valence-electron chi connectivity index (χ1n) is 21.7. The van der Waals surface area contributed by atoms with Crippen LogP contribution in [0.25, 0.3) is 0 Å². The van der Waals surface area contributed by atoms with Crippen molar-refractivity contribution < 1.29 is 4.43 Å². The summed E-state index contributed by atoms with van der Waals surface area (Å²) in [7, 11) is -1.62. The van der Waals surface area contributed by atoms with Gasteiger partial charge in [0.05, 0.1) is 0 Å². The second-order valence-electron chi connectivity index (χ2n) is 16.3. The molecule has 2 nitrogen and oxygen atoms in total. The molecule has 0 N–H and O–H groups in total. The Morgan fingerprint density at radius 3 is 1.12 bits per heavy atom. The normalized spacial score (nSPS) is 13.1. The molecule has 49 heavy (non-hydrogen) atoms. The van der Waals surface area contributed by atoms with Crippen molar-refractivity contribution in [3.63, 3.8) is 0 Å². The summed E-state index contributed by atoms with van der Waals surface area (Å²) in [5.74, 6) is 0. The van der Waals surface area contributed by atoms with Gasteiger partial charge in [-0.05, 0) is 128 Å². The van der Waals surface area contributed by atoms with Gasteiger partial charge in [-0.2, -0.15) is 0 Å². The molecule has 0 fully saturated rings. The predicted molar refractivity (Wildman–Crippen MR) is 228 cm³/mol. The van der Waals surface area contributed by atoms with Crippen molar-refractivity contribution >= 4 is 8.32 Å². The molecule has 0 aromatic carbocycles. The van der Waals surface area contributed by atoms with Crippen LogP contribution in [0.2, 0.25) is 18.1 Å². The van der Waals surface area contributed by atoms with E-state index in [2.05, 4.69) is 101 Å². The van der Waals surface area contributed by atoms with Crippen molar-refractivity contribution in [1.29, 1.82) is 0 Å². The first kappa shape index (κ1) is 48.1. The van der Waals surface area contributed by atoms with Crippen LogP contribution in [0, 0.1) is 0 Å². The summed E-state index contributed by atoms with van der Waals surface area (Å²) < 4.78 is 6.47. The standard InChI is InChI=1S/C46H89NOSi/c1-8-10-12-14-16-18-20-22-24-26-28-30-32-34-36-38-42-47(44-40-41-45-48-49(6,7)46(3,4)5)43-39-37-35-33-31-29-27-25-23-21-19-17-15-13-11-9-2/h16-19,22-25H,8-15,20-21,26-45H2,1-7H3. The van der Waals surface area contributed by atoms with E-state index in [1.165, 1.54) is 174 Å². The predicted octanol–water partition coefficient (Wildman–Crippen LogP) is 15.7. The SMILES string of the molecule is CCCCCC=CCC=CCCCCCCCCN(CCCCCCCCC=CCC=CCCCCC)CCCCO[Si](C)(C)C(C)(C)C. The third-order valence-corrected chi connectivity index (χ3v) is 15.0. The maximum absolute atomic E-state index is 6.47. The van der Waals surface area contributed by atoms with E-state index >= 15 is 0 Å². The molecule has 0 spiro atoms. The van der Waals surface area contributed by atoms with Crippen LogP contribution in [0.3, 0.4) is 0 Å². The highest BCUT2D eigenvalue weighted by atomic mass is 28.4. The van der Waals surface area contributed by atoms with Gasteiger partial charge >= 0.3 is 0 Å². The first-order chi connectivity index (χ1) is 23.7. The van der Waals surface area contributed by atoms with Gasteiger partial charge in [-0.25, -0.2) is 0 Å². The van der Waals surface area contributed by atoms with Gasteiger partial charge < -0.3 is 9.33 Å². The van der Waals surface area contributed by atoms with Crippen molar-refractivity contribution in [2.75, 3.05) is 26.2 Å². The molecule has 0 saturated heterocycles. The van der Waals surface area contributed by atoms with Crippen molar-refractivity contribution in [1.82, 2.24) is 4.90 Å². The summed E-state index contributed by atoms with van der Waals surface area (Å²) >= 11 is 0. The van der Waals surface area contributed by atoms with Crippen molar-refractivity contribution in [3.8, 4) is 0 Å². The van der Waals surface area contributed by atoms with E-state index < -0.39 is 8.32 Å². The zero-order valence-corrected chi connectivity index (χ0v) is 35.7. The zero-order chi connectivity index (χ0) is 36.2. The minimum Gasteiger partial charge on any atom is -0.417 e. The van der Waals surface area contributed by atoms with Gasteiger partial charge in [-0.15, -0.1) is 0 Å². The van der Waals surface area contributed by atoms with Crippen LogP contribution < -0.4 is 0 Å². The quantitative estimate of drug-likeness (QED) is 0.0367. The Morgan fingerprint density at radius 2 is 0.755 bits per heavy atom. The molecule has 0 aromatic rings. The van der Waals surface area contributed by atoms with Gasteiger partial charge in [0.2, 0.25) is 0 Å². The summed E-state index contributed by atoms with van der Waals surface area (Å²) in [6.45, 7) is 21.1. The van der Waals surface area contributed by atoms with Crippen LogP contribution in [-0.4, -0.2) is 39.5 Å². The molecular weight excluding hydrogens is 611 g/mol. The minimum atomic E-state index is -1.62. The van der Waals surface area contributed by atoms with Crippen molar-refractivity contribution in [2.45, 2.75) is 220 Å². The van der Waals surface area contributed by atoms with E-state index in [0.29, 0.717) is 5.04 Å². The Morgan fingerprint density at radius 1 is 0.429 bits per heavy atom. The maximum Gasteiger partial charge on any atom is 0.191 e. The fraction of sp³-hybridized carbons (Fsp3) is 0.826. The van der Waals surface area contributed by atoms with E-state index in [1.807, 2.05) is 0 Å². The fourth-order valence-corrected chi connectivity index (χ4v) is 7.05. The molecule has 0 saturated carbocycles. The van der Waals surface area contributed by atoms with Crippen LogP contribution >= 0.6 is 0 Å². The molecule has 0 aliphatic carbocycles. The van der Waals surface area contributed by atoms with Gasteiger partial charge in [-0.1, -0.05) is 160 Å². The number of allylic oxidation sites excluding steroid dienone is 8. The summed E-state index contributed by atoms with van der Waals surface area (Å²) in [5.41, 5.74) is 0. The summed E-state index contributed by atoms with van der Waals surface area (Å²) in [5, 5.41) is 0.308. The minimum absolute atomic E-state index is 0.308. The molecule has 0 bridgehead atoms. The second-order valence-corrected chi connectivity index (χ2v) is 21.1. The average Bonchev–Trinajstić information content (AvgIpc) is 3.06. The molecule has 0 aliphatic rings. The van der Waals surface area contributed by atoms with Crippen LogP contribution in [0.1, 0.15) is 202 Å². The zero-order valence-electron chi connectivity index (χ0n) is 34.7. The van der Waals surface area contributed by atoms with Crippen LogP contribution in [0.15, 0.2) is 48.6 Å². The fourth-order valence-electron chi connectivity index (χ4n) is 5.96. The third kappa shape index (κ3) is 34.0. The van der Waals surface area contributed by atoms with Gasteiger partial charge in [0, 0.05) is 6.61 Å². The number of unbranched alkanes of at least 4 members (excludes halogenated alkanes) is 19. The molecule has 0 heterocycles. The Kier molecular flexibility index (Phi) is 34.8. The second kappa shape index (κ2) is 35.5. The lowest BCUT2D eigenvalue weighted by Gasteiger charge is -2.36. The molecule has 0 aromatic heterocycles. The lowest BCUT2D eigenvalue weighted by Crippen LogP contribution is -2.41. The lowest BCUT2D eigenvalue weighted by molar-refractivity contribution is 0.234. The van der Waals surface area contributed by atoms with Gasteiger partial charge in [0.15, 0.2) is 8.32 Å². The van der Waals surface area contributed by atoms with E-state index in [9.17, 15) is 0 Å². The van der Waals surface area contributed by atoms with Gasteiger partial charge in [0.1, 0.15) is 0 Å². The average molecular weight is 700 g/mol. The Hall–Kier alpha value is -0.903. The van der Waals surface area contributed by atoms with Gasteiger partial charge in [0.25, 0.3) is 0 Å². The lowest BCUT2D eigenvalue weighted by atomic mass is 10.1. The largest absolute Gasteiger partial charge is 0.417 e. The Labute approximate surface area is 311 Å². The van der Waals surface area contributed by atoms with E-state index in [-0.39, 0.29) is 0 Å². The molecule has 3 heteroatoms. The molecule has 0 rings (SSSR count). The highest BCUT2D eigenvalue weighted by Crippen LogP contribution is 2.36. The number of rotatable bonds is 36. The number of hydrogen-bond donors (Lipinski definition) is 0. The molecule has 0 radical (unpaired) electrons. The van der Waals surface area contributed by atoms with E-state index in [0.717, 1.165) is 19.4 Å². The van der Waals surface area contributed by atoms with Gasteiger partial charge in [-0.3, -0.25) is 0 Å². The molecule has 0 unspecified atom stereocenters. The molecule has 288 valence electrons. The maximum atomic E-state index is 6.47. The Bertz CT molecular complexity index is 741. The first-order valence-corrected chi connectivity index (χ1v) is 24.6. The number of nitrogens with zero attached hydrogens (tertiary/aromatic N) is 1. The smallest absolute Gasteiger partial charge is 0.191 e. The van der Waals surface area contributed by atoms with Crippen LogP contribution in [-0.2, 0) is 4.43 Å². The van der Waals surface area contributed by atoms with Crippen molar-refractivity contribution in [2.24, 2.45) is 0 Å². The summed E-state index contributed by atoms with van der Waals surface area (Å²) in [6.07, 6.45) is 53.4. The summed E-state index contributed by atoms with van der Waals surface area (Å²) in [4.78, 5) is 2.79. The highest BCUT2D eigenvalue weighted by Gasteiger charge is 2.36. The van der Waals surface area contributed by atoms with Crippen LogP contribution in [0.5, 0.6) is 0 Å². The van der Waals surface area contributed by atoms with Crippen molar-refractivity contribution in [3.05, 3.63) is 48.6 Å². The summed E-state index contributed by atoms with van der Waals surface area (Å²) in [6, 6.07) is 0. The topological polar surface area (TPSA) is 12.5 Å². The molecule has 0 aliphatic heterocycles. The van der Waals surface area contributed by atoms with E-state index in [1.54, 1.807) is 0 Å². The van der Waals surface area contributed by atoms with E-state index in [4.69, 9.17) is 4.43 Å². The Balaban J connectivity index is 4.15. The van der Waals surface area contributed by atoms with Crippen LogP contribution in [0.4, 0.5) is 0 Å². The third-order valence-electron chi connectivity index (χ3n) is 10.5. The molecule has 0 atom stereocenters.